The number of hydrogen-bond acceptors (Lipinski definition) is 11. The standard InChI is InChI=1S/C47H47ClF10N8O9S2/c1-21-22(2)46(54,55)39-34(21)38(47(56,57)58)62-64(39)19-33(67)61-32(15-23-13-25(49)18-26(50)14-23)36-29(8-7-27(59-36)11-12-44(3,4)76(5,72)73)30-9-10-31(48)35-37(30)65(20-45(51,52)53)63-40(35)66(77(6,74)75)42(69)24-16-28(17-24)60-41(68)43(70)71/h7-10,13-14,18,21-22,24,28,32H,11-12,15-17,19-20H2,1-6H3,(H,60,68)(H,61,67)(H,70,71)/t21-,22+,24?,28?,32-/m0/s1. The number of alkyl halides is 8. The van der Waals surface area contributed by atoms with Crippen LogP contribution in [-0.2, 0) is 77.1 Å². The third-order valence-corrected chi connectivity index (χ3v) is 17.4. The summed E-state index contributed by atoms with van der Waals surface area (Å²) in [6.45, 7) is 1.59. The van der Waals surface area contributed by atoms with Gasteiger partial charge in [-0.25, -0.2) is 30.4 Å². The summed E-state index contributed by atoms with van der Waals surface area (Å²) >= 11 is 6.69. The predicted molar refractivity (Wildman–Crippen MR) is 256 cm³/mol. The van der Waals surface area contributed by atoms with Crippen LogP contribution in [-0.4, -0.2) is 99.7 Å². The first-order chi connectivity index (χ1) is 35.3. The second kappa shape index (κ2) is 20.5. The van der Waals surface area contributed by atoms with Gasteiger partial charge in [-0.1, -0.05) is 37.6 Å². The second-order valence-corrected chi connectivity index (χ2v) is 24.6. The first kappa shape index (κ1) is 58.3. The third kappa shape index (κ3) is 11.9. The zero-order valence-electron chi connectivity index (χ0n) is 41.2. The fraction of sp³-hybridized carbons (Fsp3) is 0.468. The van der Waals surface area contributed by atoms with Crippen molar-refractivity contribution in [2.45, 2.75) is 114 Å². The molecule has 7 rings (SSSR count). The van der Waals surface area contributed by atoms with Gasteiger partial charge >= 0.3 is 24.2 Å². The van der Waals surface area contributed by atoms with Crippen molar-refractivity contribution in [3.05, 3.63) is 93.0 Å². The molecule has 77 heavy (non-hydrogen) atoms. The summed E-state index contributed by atoms with van der Waals surface area (Å²) in [5.41, 5.74) is -5.66. The van der Waals surface area contributed by atoms with E-state index in [0.717, 1.165) is 44.4 Å². The van der Waals surface area contributed by atoms with E-state index in [4.69, 9.17) is 21.7 Å². The topological polar surface area (TPSA) is 233 Å². The summed E-state index contributed by atoms with van der Waals surface area (Å²) < 4.78 is 200. The van der Waals surface area contributed by atoms with Crippen LogP contribution in [0.2, 0.25) is 5.02 Å². The van der Waals surface area contributed by atoms with Crippen molar-refractivity contribution in [2.75, 3.05) is 16.8 Å². The van der Waals surface area contributed by atoms with E-state index >= 15 is 8.78 Å². The van der Waals surface area contributed by atoms with Gasteiger partial charge in [-0.05, 0) is 81.7 Å². The summed E-state index contributed by atoms with van der Waals surface area (Å²) in [6.07, 6.45) is -10.6. The Balaban J connectivity index is 1.45. The maximum atomic E-state index is 15.8. The number of pyridine rings is 1. The highest BCUT2D eigenvalue weighted by molar-refractivity contribution is 7.93. The number of halogens is 11. The number of fused-ring (bicyclic) bond motifs is 2. The van der Waals surface area contributed by atoms with E-state index in [1.165, 1.54) is 26.0 Å². The highest BCUT2D eigenvalue weighted by atomic mass is 35.5. The van der Waals surface area contributed by atoms with E-state index < -0.39 is 172 Å². The molecule has 30 heteroatoms. The van der Waals surface area contributed by atoms with Crippen LogP contribution in [0.5, 0.6) is 0 Å². The molecule has 0 radical (unpaired) electrons. The number of nitrogens with zero attached hydrogens (tertiary/aromatic N) is 6. The maximum Gasteiger partial charge on any atom is 0.435 e. The molecule has 2 aliphatic rings. The summed E-state index contributed by atoms with van der Waals surface area (Å²) in [5, 5.41) is 19.8. The largest absolute Gasteiger partial charge is 0.474 e. The van der Waals surface area contributed by atoms with Gasteiger partial charge in [0.25, 0.3) is 5.92 Å². The van der Waals surface area contributed by atoms with Crippen molar-refractivity contribution in [3.8, 4) is 11.1 Å². The third-order valence-electron chi connectivity index (χ3n) is 13.8. The molecule has 5 aromatic rings. The second-order valence-electron chi connectivity index (χ2n) is 19.8. The first-order valence-corrected chi connectivity index (χ1v) is 27.3. The number of hydrogen-bond donors (Lipinski definition) is 3. The van der Waals surface area contributed by atoms with Crippen LogP contribution in [0.15, 0.2) is 42.5 Å². The highest BCUT2D eigenvalue weighted by Gasteiger charge is 2.57. The Morgan fingerprint density at radius 2 is 1.52 bits per heavy atom. The molecule has 3 aromatic heterocycles. The maximum absolute atomic E-state index is 15.8. The molecule has 1 fully saturated rings. The Kier molecular flexibility index (Phi) is 15.5. The highest BCUT2D eigenvalue weighted by Crippen LogP contribution is 2.55. The van der Waals surface area contributed by atoms with Gasteiger partial charge in [0.1, 0.15) is 30.4 Å². The first-order valence-electron chi connectivity index (χ1n) is 23.1. The quantitative estimate of drug-likeness (QED) is 0.0635. The molecule has 0 spiro atoms. The molecule has 3 heterocycles. The van der Waals surface area contributed by atoms with Crippen LogP contribution in [0.25, 0.3) is 22.0 Å². The monoisotopic (exact) mass is 1160 g/mol. The lowest BCUT2D eigenvalue weighted by Gasteiger charge is -2.36. The molecule has 3 atom stereocenters. The van der Waals surface area contributed by atoms with Gasteiger partial charge in [0.15, 0.2) is 21.3 Å². The Labute approximate surface area is 437 Å². The lowest BCUT2D eigenvalue weighted by atomic mass is 9.79. The number of carbonyl (C=O) groups is 4. The number of aliphatic carboxylic acids is 1. The Bertz CT molecular complexity index is 3430. The molecule has 1 saturated carbocycles. The van der Waals surface area contributed by atoms with E-state index in [1.54, 1.807) is 0 Å². The molecule has 3 amide bonds. The van der Waals surface area contributed by atoms with Gasteiger partial charge in [0.05, 0.1) is 38.7 Å². The van der Waals surface area contributed by atoms with Crippen molar-refractivity contribution in [3.63, 3.8) is 0 Å². The minimum absolute atomic E-state index is 0.0226. The van der Waals surface area contributed by atoms with Gasteiger partial charge < -0.3 is 15.7 Å². The number of amides is 3. The Morgan fingerprint density at radius 3 is 2.08 bits per heavy atom. The summed E-state index contributed by atoms with van der Waals surface area (Å²) in [6, 6.07) is 4.09. The summed E-state index contributed by atoms with van der Waals surface area (Å²) in [7, 11) is -8.63. The van der Waals surface area contributed by atoms with E-state index in [2.05, 4.69) is 20.8 Å². The van der Waals surface area contributed by atoms with Crippen LogP contribution < -0.4 is 14.9 Å². The minimum Gasteiger partial charge on any atom is -0.474 e. The lowest BCUT2D eigenvalue weighted by Crippen LogP contribution is -2.52. The van der Waals surface area contributed by atoms with Crippen molar-refractivity contribution in [1.82, 2.24) is 35.2 Å². The molecule has 0 saturated heterocycles. The molecule has 0 aliphatic heterocycles. The van der Waals surface area contributed by atoms with E-state index in [-0.39, 0.29) is 61.7 Å². The van der Waals surface area contributed by atoms with Crippen molar-refractivity contribution in [2.24, 2.45) is 11.8 Å². The molecule has 0 unspecified atom stereocenters. The molecule has 0 bridgehead atoms. The zero-order chi connectivity index (χ0) is 57.4. The number of nitrogens with one attached hydrogen (secondary N) is 2. The molecule has 418 valence electrons. The van der Waals surface area contributed by atoms with Gasteiger partial charge in [-0.3, -0.25) is 28.7 Å². The van der Waals surface area contributed by atoms with Crippen molar-refractivity contribution >= 4 is 71.9 Å². The average Bonchev–Trinajstić information content (AvgIpc) is 3.88. The Hall–Kier alpha value is -6.36. The van der Waals surface area contributed by atoms with Crippen LogP contribution >= 0.6 is 11.6 Å². The average molecular weight is 1160 g/mol. The summed E-state index contributed by atoms with van der Waals surface area (Å²) in [5.74, 6) is -17.5. The zero-order valence-corrected chi connectivity index (χ0v) is 43.6. The van der Waals surface area contributed by atoms with Crippen LogP contribution in [0.3, 0.4) is 0 Å². The number of benzene rings is 2. The number of carboxylic acids is 1. The number of aromatic nitrogens is 5. The van der Waals surface area contributed by atoms with Gasteiger partial charge in [-0.15, -0.1) is 0 Å². The van der Waals surface area contributed by atoms with Gasteiger partial charge in [0, 0.05) is 52.6 Å². The molecular formula is C47H47ClF10N8O9S2. The van der Waals surface area contributed by atoms with Crippen LogP contribution in [0.1, 0.15) is 92.8 Å². The van der Waals surface area contributed by atoms with Crippen LogP contribution in [0, 0.1) is 23.5 Å². The molecule has 3 N–H and O–H groups in total. The summed E-state index contributed by atoms with van der Waals surface area (Å²) in [4.78, 5) is 56.0. The molecular weight excluding hydrogens is 1110 g/mol. The van der Waals surface area contributed by atoms with Crippen molar-refractivity contribution < 1.29 is 85.0 Å². The Morgan fingerprint density at radius 1 is 0.909 bits per heavy atom. The smallest absolute Gasteiger partial charge is 0.435 e. The van der Waals surface area contributed by atoms with Crippen molar-refractivity contribution in [1.29, 1.82) is 0 Å². The van der Waals surface area contributed by atoms with Crippen LogP contribution in [0.4, 0.5) is 49.7 Å². The SMILES string of the molecule is C[C@@H]1c2c(C(F)(F)F)nn(CC(=O)N[C@@H](Cc3cc(F)cc(F)c3)c3nc(CCC(C)(C)S(C)(=O)=O)ccc3-c3ccc(Cl)c4c(N(C(=O)C5CC(NC(=O)C(=O)O)C5)S(C)(=O)=O)nn(CC(F)(F)F)c34)c2C(F)(F)[C@@H]1C. The van der Waals surface area contributed by atoms with E-state index in [1.807, 2.05) is 0 Å². The number of aryl methyl sites for hydroxylation is 1. The number of carbonyl (C=O) groups excluding carboxylic acids is 3. The predicted octanol–water partition coefficient (Wildman–Crippen LogP) is 7.78. The minimum atomic E-state index is -5.27. The van der Waals surface area contributed by atoms with E-state index in [0.29, 0.717) is 12.3 Å². The van der Waals surface area contributed by atoms with Gasteiger partial charge in [-0.2, -0.15) is 49.6 Å². The fourth-order valence-corrected chi connectivity index (χ4v) is 11.0. The van der Waals surface area contributed by atoms with Gasteiger partial charge in [0.2, 0.25) is 21.8 Å². The lowest BCUT2D eigenvalue weighted by molar-refractivity contribution is -0.151. The number of sulfonamides is 1. The number of sulfone groups is 1. The molecule has 2 aliphatic carbocycles. The number of rotatable bonds is 16. The fourth-order valence-electron chi connectivity index (χ4n) is 9.36. The normalized spacial score (nSPS) is 19.1. The number of anilines is 1. The molecule has 2 aromatic carbocycles. The number of carboxylic acid groups (broad SMARTS) is 1. The molecule has 17 nitrogen and oxygen atoms in total. The van der Waals surface area contributed by atoms with E-state index in [9.17, 15) is 71.1 Å².